The summed E-state index contributed by atoms with van der Waals surface area (Å²) in [6.45, 7) is 4.60. The van der Waals surface area contributed by atoms with Crippen LogP contribution >= 0.6 is 0 Å². The highest BCUT2D eigenvalue weighted by Crippen LogP contribution is 2.27. The Morgan fingerprint density at radius 2 is 1.92 bits per heavy atom. The van der Waals surface area contributed by atoms with Gasteiger partial charge in [0.2, 0.25) is 5.91 Å². The molecular formula is C18H25N3O4. The predicted molar refractivity (Wildman–Crippen MR) is 95.4 cm³/mol. The first-order valence-corrected chi connectivity index (χ1v) is 8.20. The number of ether oxygens (including phenoxy) is 2. The first-order chi connectivity index (χ1) is 12.0. The third kappa shape index (κ3) is 4.65. The van der Waals surface area contributed by atoms with Gasteiger partial charge in [-0.2, -0.15) is 0 Å². The zero-order valence-electron chi connectivity index (χ0n) is 15.1. The van der Waals surface area contributed by atoms with Crippen molar-refractivity contribution >= 4 is 5.91 Å². The standard InChI is InChI=1S/C18H25N3O4/c1-12-13(2)21(18(23)20-12)10-8-17(22)19-9-7-14-5-6-15(24-3)16(11-14)25-4/h5-6,11H,7-10H2,1-4H3,(H,19,22)(H,20,23). The molecule has 1 heterocycles. The van der Waals surface area contributed by atoms with Crippen LogP contribution in [0.5, 0.6) is 11.5 Å². The molecule has 0 spiro atoms. The number of aromatic amines is 1. The van der Waals surface area contributed by atoms with Crippen molar-refractivity contribution < 1.29 is 14.3 Å². The summed E-state index contributed by atoms with van der Waals surface area (Å²) in [5.41, 5.74) is 2.57. The van der Waals surface area contributed by atoms with E-state index in [9.17, 15) is 9.59 Å². The summed E-state index contributed by atoms with van der Waals surface area (Å²) in [5.74, 6) is 1.27. The number of aryl methyl sites for hydroxylation is 1. The van der Waals surface area contributed by atoms with Gasteiger partial charge in [-0.15, -0.1) is 0 Å². The number of rotatable bonds is 8. The number of methoxy groups -OCH3 is 2. The maximum absolute atomic E-state index is 12.0. The molecule has 0 saturated heterocycles. The lowest BCUT2D eigenvalue weighted by Gasteiger charge is -2.10. The van der Waals surface area contributed by atoms with Gasteiger partial charge in [-0.3, -0.25) is 9.36 Å². The van der Waals surface area contributed by atoms with Crippen molar-refractivity contribution in [3.05, 3.63) is 45.6 Å². The van der Waals surface area contributed by atoms with Gasteiger partial charge in [0.15, 0.2) is 11.5 Å². The molecule has 0 aliphatic heterocycles. The van der Waals surface area contributed by atoms with Crippen LogP contribution in [-0.2, 0) is 17.8 Å². The third-order valence-corrected chi connectivity index (χ3v) is 4.23. The lowest BCUT2D eigenvalue weighted by atomic mass is 10.1. The van der Waals surface area contributed by atoms with Gasteiger partial charge in [0.05, 0.1) is 14.2 Å². The number of hydrogen-bond donors (Lipinski definition) is 2. The van der Waals surface area contributed by atoms with Crippen LogP contribution in [0.3, 0.4) is 0 Å². The Morgan fingerprint density at radius 3 is 2.52 bits per heavy atom. The van der Waals surface area contributed by atoms with Crippen LogP contribution < -0.4 is 20.5 Å². The molecule has 0 radical (unpaired) electrons. The van der Waals surface area contributed by atoms with Crippen LogP contribution in [0.4, 0.5) is 0 Å². The maximum Gasteiger partial charge on any atom is 0.325 e. The SMILES string of the molecule is COc1ccc(CCNC(=O)CCn2c(C)c(C)[nH]c2=O)cc1OC. The lowest BCUT2D eigenvalue weighted by Crippen LogP contribution is -2.28. The van der Waals surface area contributed by atoms with E-state index in [4.69, 9.17) is 9.47 Å². The molecule has 7 nitrogen and oxygen atoms in total. The maximum atomic E-state index is 12.0. The fourth-order valence-electron chi connectivity index (χ4n) is 2.63. The Morgan fingerprint density at radius 1 is 1.20 bits per heavy atom. The monoisotopic (exact) mass is 347 g/mol. The average molecular weight is 347 g/mol. The average Bonchev–Trinajstić information content (AvgIpc) is 2.85. The largest absolute Gasteiger partial charge is 0.493 e. The van der Waals surface area contributed by atoms with Crippen molar-refractivity contribution in [2.45, 2.75) is 33.2 Å². The number of amides is 1. The molecule has 0 saturated carbocycles. The van der Waals surface area contributed by atoms with Crippen LogP contribution in [0.1, 0.15) is 23.4 Å². The second-order valence-corrected chi connectivity index (χ2v) is 5.83. The minimum atomic E-state index is -0.173. The molecule has 0 aliphatic carbocycles. The zero-order chi connectivity index (χ0) is 18.4. The third-order valence-electron chi connectivity index (χ3n) is 4.23. The summed E-state index contributed by atoms with van der Waals surface area (Å²) in [4.78, 5) is 26.5. The Bertz CT molecular complexity index is 792. The van der Waals surface area contributed by atoms with Crippen molar-refractivity contribution in [3.8, 4) is 11.5 Å². The van der Waals surface area contributed by atoms with E-state index in [1.54, 1.807) is 18.8 Å². The number of hydrogen-bond acceptors (Lipinski definition) is 4. The molecule has 1 aromatic carbocycles. The molecule has 0 fully saturated rings. The molecule has 2 aromatic rings. The van der Waals surface area contributed by atoms with E-state index in [1.807, 2.05) is 32.0 Å². The fraction of sp³-hybridized carbons (Fsp3) is 0.444. The Labute approximate surface area is 147 Å². The van der Waals surface area contributed by atoms with Crippen LogP contribution in [0.15, 0.2) is 23.0 Å². The Hall–Kier alpha value is -2.70. The number of nitrogens with zero attached hydrogens (tertiary/aromatic N) is 1. The Kier molecular flexibility index (Phi) is 6.27. The summed E-state index contributed by atoms with van der Waals surface area (Å²) in [5, 5.41) is 2.88. The first-order valence-electron chi connectivity index (χ1n) is 8.20. The number of carbonyl (C=O) groups excluding carboxylic acids is 1. The molecule has 0 bridgehead atoms. The van der Waals surface area contributed by atoms with Crippen LogP contribution in [-0.4, -0.2) is 36.2 Å². The van der Waals surface area contributed by atoms with Crippen molar-refractivity contribution in [1.29, 1.82) is 0 Å². The van der Waals surface area contributed by atoms with Crippen LogP contribution in [0, 0.1) is 13.8 Å². The number of carbonyl (C=O) groups is 1. The van der Waals surface area contributed by atoms with E-state index in [2.05, 4.69) is 10.3 Å². The molecule has 1 aromatic heterocycles. The van der Waals surface area contributed by atoms with Crippen LogP contribution in [0.25, 0.3) is 0 Å². The molecule has 0 atom stereocenters. The summed E-state index contributed by atoms with van der Waals surface area (Å²) in [6.07, 6.45) is 0.957. The van der Waals surface area contributed by atoms with Gasteiger partial charge in [-0.1, -0.05) is 6.07 Å². The number of H-pyrrole nitrogens is 1. The number of nitrogens with one attached hydrogen (secondary N) is 2. The number of imidazole rings is 1. The van der Waals surface area contributed by atoms with Crippen LogP contribution in [0.2, 0.25) is 0 Å². The van der Waals surface area contributed by atoms with Crippen molar-refractivity contribution in [2.75, 3.05) is 20.8 Å². The van der Waals surface area contributed by atoms with Gasteiger partial charge in [-0.25, -0.2) is 4.79 Å². The van der Waals surface area contributed by atoms with E-state index in [0.29, 0.717) is 31.0 Å². The van der Waals surface area contributed by atoms with Gasteiger partial charge >= 0.3 is 5.69 Å². The fourth-order valence-corrected chi connectivity index (χ4v) is 2.63. The smallest absolute Gasteiger partial charge is 0.325 e. The molecule has 1 amide bonds. The highest BCUT2D eigenvalue weighted by atomic mass is 16.5. The Balaban J connectivity index is 1.81. The normalized spacial score (nSPS) is 10.6. The molecule has 2 N–H and O–H groups in total. The number of benzene rings is 1. The molecule has 0 unspecified atom stereocenters. The van der Waals surface area contributed by atoms with Crippen molar-refractivity contribution in [1.82, 2.24) is 14.9 Å². The summed E-state index contributed by atoms with van der Waals surface area (Å²) < 4.78 is 12.1. The number of aromatic nitrogens is 2. The quantitative estimate of drug-likeness (QED) is 0.759. The molecule has 25 heavy (non-hydrogen) atoms. The van der Waals surface area contributed by atoms with Gasteiger partial charge in [0, 0.05) is 30.9 Å². The topological polar surface area (TPSA) is 85.4 Å². The van der Waals surface area contributed by atoms with E-state index in [1.165, 1.54) is 0 Å². The molecular weight excluding hydrogens is 322 g/mol. The van der Waals surface area contributed by atoms with Gasteiger partial charge < -0.3 is 19.8 Å². The van der Waals surface area contributed by atoms with E-state index in [0.717, 1.165) is 17.0 Å². The van der Waals surface area contributed by atoms with E-state index < -0.39 is 0 Å². The van der Waals surface area contributed by atoms with E-state index >= 15 is 0 Å². The second kappa shape index (κ2) is 8.41. The molecule has 0 aliphatic rings. The van der Waals surface area contributed by atoms with Gasteiger partial charge in [0.1, 0.15) is 0 Å². The summed E-state index contributed by atoms with van der Waals surface area (Å²) in [7, 11) is 3.19. The minimum absolute atomic E-state index is 0.0781. The summed E-state index contributed by atoms with van der Waals surface area (Å²) >= 11 is 0. The van der Waals surface area contributed by atoms with Crippen molar-refractivity contribution in [3.63, 3.8) is 0 Å². The predicted octanol–water partition coefficient (Wildman–Crippen LogP) is 1.56. The highest BCUT2D eigenvalue weighted by molar-refractivity contribution is 5.75. The summed E-state index contributed by atoms with van der Waals surface area (Å²) in [6, 6.07) is 5.69. The zero-order valence-corrected chi connectivity index (χ0v) is 15.1. The highest BCUT2D eigenvalue weighted by Gasteiger charge is 2.09. The molecule has 7 heteroatoms. The van der Waals surface area contributed by atoms with Crippen molar-refractivity contribution in [2.24, 2.45) is 0 Å². The first kappa shape index (κ1) is 18.6. The molecule has 136 valence electrons. The minimum Gasteiger partial charge on any atom is -0.493 e. The molecule has 2 rings (SSSR count). The van der Waals surface area contributed by atoms with Gasteiger partial charge in [-0.05, 0) is 38.0 Å². The lowest BCUT2D eigenvalue weighted by molar-refractivity contribution is -0.121. The van der Waals surface area contributed by atoms with E-state index in [-0.39, 0.29) is 18.0 Å². The second-order valence-electron chi connectivity index (χ2n) is 5.83. The van der Waals surface area contributed by atoms with Gasteiger partial charge in [0.25, 0.3) is 0 Å².